The van der Waals surface area contributed by atoms with Crippen LogP contribution in [0.1, 0.15) is 26.3 Å². The van der Waals surface area contributed by atoms with E-state index >= 15 is 0 Å². The van der Waals surface area contributed by atoms with E-state index in [-0.39, 0.29) is 10.6 Å². The van der Waals surface area contributed by atoms with Crippen molar-refractivity contribution in [1.82, 2.24) is 0 Å². The van der Waals surface area contributed by atoms with Crippen LogP contribution in [0.2, 0.25) is 0 Å². The molecule has 0 atom stereocenters. The molecular formula is C22H21NO5S. The lowest BCUT2D eigenvalue weighted by Crippen LogP contribution is -2.35. The van der Waals surface area contributed by atoms with Crippen LogP contribution < -0.4 is 9.04 Å². The van der Waals surface area contributed by atoms with Crippen molar-refractivity contribution in [2.45, 2.75) is 32.1 Å². The van der Waals surface area contributed by atoms with Gasteiger partial charge in [-0.05, 0) is 36.2 Å². The quantitative estimate of drug-likeness (QED) is 0.467. The van der Waals surface area contributed by atoms with Gasteiger partial charge in [0, 0.05) is 24.6 Å². The van der Waals surface area contributed by atoms with E-state index in [0.29, 0.717) is 16.5 Å². The molecule has 0 fully saturated rings. The highest BCUT2D eigenvalue weighted by Gasteiger charge is 2.30. The van der Waals surface area contributed by atoms with Crippen LogP contribution in [0.25, 0.3) is 10.8 Å². The number of sulfonamides is 1. The summed E-state index contributed by atoms with van der Waals surface area (Å²) in [5.74, 6) is -0.838. The Kier molecular flexibility index (Phi) is 5.70. The van der Waals surface area contributed by atoms with Crippen molar-refractivity contribution >= 4 is 38.4 Å². The van der Waals surface area contributed by atoms with E-state index in [2.05, 4.69) is 0 Å². The van der Waals surface area contributed by atoms with Gasteiger partial charge in [0.05, 0.1) is 10.6 Å². The minimum atomic E-state index is -4.13. The summed E-state index contributed by atoms with van der Waals surface area (Å²) in [4.78, 5) is 23.9. The Labute approximate surface area is 169 Å². The molecule has 1 amide bonds. The zero-order valence-electron chi connectivity index (χ0n) is 16.4. The molecule has 0 radical (unpaired) electrons. The fraction of sp³-hybridized carbons (Fsp3) is 0.182. The highest BCUT2D eigenvalue weighted by Crippen LogP contribution is 2.36. The van der Waals surface area contributed by atoms with E-state index in [1.165, 1.54) is 38.1 Å². The summed E-state index contributed by atoms with van der Waals surface area (Å²) in [7, 11) is -4.13. The van der Waals surface area contributed by atoms with Crippen LogP contribution in [0.3, 0.4) is 0 Å². The van der Waals surface area contributed by atoms with E-state index in [0.717, 1.165) is 16.3 Å². The van der Waals surface area contributed by atoms with Crippen molar-refractivity contribution in [1.29, 1.82) is 0 Å². The Hall–Kier alpha value is -3.19. The van der Waals surface area contributed by atoms with Gasteiger partial charge < -0.3 is 4.74 Å². The zero-order chi connectivity index (χ0) is 21.2. The third-order valence-corrected chi connectivity index (χ3v) is 6.29. The van der Waals surface area contributed by atoms with Crippen LogP contribution in [-0.4, -0.2) is 20.3 Å². The third kappa shape index (κ3) is 4.00. The van der Waals surface area contributed by atoms with E-state index in [9.17, 15) is 18.0 Å². The summed E-state index contributed by atoms with van der Waals surface area (Å²) in [6.45, 7) is 4.46. The van der Waals surface area contributed by atoms with E-state index in [1.54, 1.807) is 36.4 Å². The number of fused-ring (bicyclic) bond motifs is 1. The normalized spacial score (nSPS) is 11.3. The number of nitrogens with zero attached hydrogens (tertiary/aromatic N) is 1. The molecule has 3 aromatic carbocycles. The predicted molar refractivity (Wildman–Crippen MR) is 111 cm³/mol. The number of ether oxygens (including phenoxy) is 1. The van der Waals surface area contributed by atoms with Gasteiger partial charge in [0.2, 0.25) is 5.91 Å². The van der Waals surface area contributed by atoms with Gasteiger partial charge in [0.25, 0.3) is 10.0 Å². The third-order valence-electron chi connectivity index (χ3n) is 4.49. The van der Waals surface area contributed by atoms with Gasteiger partial charge in [-0.15, -0.1) is 0 Å². The Morgan fingerprint density at radius 3 is 2.07 bits per heavy atom. The molecule has 3 rings (SSSR count). The Morgan fingerprint density at radius 2 is 1.52 bits per heavy atom. The van der Waals surface area contributed by atoms with Crippen molar-refractivity contribution < 1.29 is 22.7 Å². The molecule has 150 valence electrons. The van der Waals surface area contributed by atoms with E-state index in [4.69, 9.17) is 4.74 Å². The number of hydrogen-bond acceptors (Lipinski definition) is 5. The molecule has 0 unspecified atom stereocenters. The standard InChI is InChI=1S/C22H21NO5S/c1-4-17-9-11-18(12-10-17)29(26,27)23(15(2)24)21-13-14-22(28-16(3)25)20-8-6-5-7-19(20)21/h5-14H,4H2,1-3H3. The lowest BCUT2D eigenvalue weighted by atomic mass is 10.1. The summed E-state index contributed by atoms with van der Waals surface area (Å²) in [5, 5.41) is 1.01. The number of esters is 1. The maximum absolute atomic E-state index is 13.3. The fourth-order valence-electron chi connectivity index (χ4n) is 3.15. The average molecular weight is 411 g/mol. The van der Waals surface area contributed by atoms with Crippen molar-refractivity contribution in [2.75, 3.05) is 4.31 Å². The highest BCUT2D eigenvalue weighted by molar-refractivity contribution is 7.93. The first kappa shape index (κ1) is 20.5. The molecule has 0 aromatic heterocycles. The smallest absolute Gasteiger partial charge is 0.308 e. The number of amides is 1. The minimum Gasteiger partial charge on any atom is -0.426 e. The second kappa shape index (κ2) is 8.05. The number of anilines is 1. The molecule has 0 saturated heterocycles. The first-order chi connectivity index (χ1) is 13.8. The van der Waals surface area contributed by atoms with Crippen LogP contribution in [0, 0.1) is 0 Å². The molecule has 0 N–H and O–H groups in total. The van der Waals surface area contributed by atoms with Crippen LogP contribution in [0.5, 0.6) is 5.75 Å². The van der Waals surface area contributed by atoms with Gasteiger partial charge in [0.15, 0.2) is 0 Å². The predicted octanol–water partition coefficient (Wildman–Crippen LogP) is 4.07. The molecule has 29 heavy (non-hydrogen) atoms. The maximum atomic E-state index is 13.3. The lowest BCUT2D eigenvalue weighted by Gasteiger charge is -2.23. The molecule has 0 spiro atoms. The average Bonchev–Trinajstić information content (AvgIpc) is 2.69. The molecule has 3 aromatic rings. The summed E-state index contributed by atoms with van der Waals surface area (Å²) in [6, 6.07) is 16.3. The second-order valence-electron chi connectivity index (χ2n) is 6.51. The number of aryl methyl sites for hydroxylation is 1. The molecule has 0 heterocycles. The number of benzene rings is 3. The molecule has 0 bridgehead atoms. The molecule has 6 nitrogen and oxygen atoms in total. The van der Waals surface area contributed by atoms with E-state index < -0.39 is 21.9 Å². The lowest BCUT2D eigenvalue weighted by molar-refractivity contribution is -0.131. The molecule has 0 aliphatic carbocycles. The molecule has 7 heteroatoms. The van der Waals surface area contributed by atoms with Crippen LogP contribution in [0.4, 0.5) is 5.69 Å². The van der Waals surface area contributed by atoms with Crippen molar-refractivity contribution in [3.63, 3.8) is 0 Å². The van der Waals surface area contributed by atoms with Gasteiger partial charge in [0.1, 0.15) is 5.75 Å². The summed E-state index contributed by atoms with van der Waals surface area (Å²) in [5.41, 5.74) is 1.19. The SMILES string of the molecule is CCc1ccc(S(=O)(=O)N(C(C)=O)c2ccc(OC(C)=O)c3ccccc23)cc1. The highest BCUT2D eigenvalue weighted by atomic mass is 32.2. The monoisotopic (exact) mass is 411 g/mol. The van der Waals surface area contributed by atoms with Crippen molar-refractivity contribution in [2.24, 2.45) is 0 Å². The maximum Gasteiger partial charge on any atom is 0.308 e. The topological polar surface area (TPSA) is 80.8 Å². The Balaban J connectivity index is 2.21. The first-order valence-electron chi connectivity index (χ1n) is 9.10. The Morgan fingerprint density at radius 1 is 0.897 bits per heavy atom. The summed E-state index contributed by atoms with van der Waals surface area (Å²) in [6.07, 6.45) is 0.777. The van der Waals surface area contributed by atoms with Crippen molar-refractivity contribution in [3.05, 3.63) is 66.2 Å². The largest absolute Gasteiger partial charge is 0.426 e. The van der Waals surface area contributed by atoms with Gasteiger partial charge in [-0.25, -0.2) is 12.7 Å². The van der Waals surface area contributed by atoms with Gasteiger partial charge in [-0.2, -0.15) is 0 Å². The Bertz CT molecular complexity index is 1180. The molecular weight excluding hydrogens is 390 g/mol. The first-order valence-corrected chi connectivity index (χ1v) is 10.5. The minimum absolute atomic E-state index is 0.0260. The number of rotatable bonds is 5. The zero-order valence-corrected chi connectivity index (χ0v) is 17.2. The van der Waals surface area contributed by atoms with Crippen LogP contribution >= 0.6 is 0 Å². The number of hydrogen-bond donors (Lipinski definition) is 0. The second-order valence-corrected chi connectivity index (χ2v) is 8.29. The van der Waals surface area contributed by atoms with Crippen LogP contribution in [-0.2, 0) is 26.0 Å². The van der Waals surface area contributed by atoms with Crippen LogP contribution in [0.15, 0.2) is 65.6 Å². The van der Waals surface area contributed by atoms with Gasteiger partial charge >= 0.3 is 5.97 Å². The van der Waals surface area contributed by atoms with E-state index in [1.807, 2.05) is 6.92 Å². The van der Waals surface area contributed by atoms with Crippen molar-refractivity contribution in [3.8, 4) is 5.75 Å². The summed E-state index contributed by atoms with van der Waals surface area (Å²) < 4.78 is 32.6. The number of carbonyl (C=O) groups excluding carboxylic acids is 2. The fourth-order valence-corrected chi connectivity index (χ4v) is 4.59. The molecule has 0 saturated carbocycles. The molecule has 0 aliphatic heterocycles. The molecule has 0 aliphatic rings. The number of carbonyl (C=O) groups is 2. The summed E-state index contributed by atoms with van der Waals surface area (Å²) >= 11 is 0. The van der Waals surface area contributed by atoms with Gasteiger partial charge in [-0.3, -0.25) is 9.59 Å². The van der Waals surface area contributed by atoms with Gasteiger partial charge in [-0.1, -0.05) is 43.3 Å².